The van der Waals surface area contributed by atoms with E-state index in [0.29, 0.717) is 0 Å². The van der Waals surface area contributed by atoms with E-state index in [1.54, 1.807) is 17.5 Å². The zero-order valence-electron chi connectivity index (χ0n) is 16.5. The van der Waals surface area contributed by atoms with Crippen molar-refractivity contribution in [1.82, 2.24) is 14.1 Å². The van der Waals surface area contributed by atoms with E-state index in [1.807, 2.05) is 24.7 Å². The fraction of sp³-hybridized carbons (Fsp3) is 0.217. The fourth-order valence-corrected chi connectivity index (χ4v) is 4.21. The van der Waals surface area contributed by atoms with Crippen molar-refractivity contribution in [3.63, 3.8) is 0 Å². The quantitative estimate of drug-likeness (QED) is 0.417. The van der Waals surface area contributed by atoms with Gasteiger partial charge in [-0.3, -0.25) is 0 Å². The topological polar surface area (TPSA) is 35.1 Å². The molecular weight excluding hydrogens is 383 g/mol. The number of nitrogens with zero attached hydrogens (tertiary/aromatic N) is 4. The van der Waals surface area contributed by atoms with Crippen LogP contribution >= 0.6 is 11.3 Å². The molecular formula is C23H23FN4S. The Kier molecular flexibility index (Phi) is 5.71. The fourth-order valence-electron chi connectivity index (χ4n) is 3.26. The molecule has 0 aliphatic carbocycles. The van der Waals surface area contributed by atoms with Crippen LogP contribution in [0.1, 0.15) is 17.5 Å². The molecule has 0 radical (unpaired) electrons. The zero-order chi connectivity index (χ0) is 20.2. The SMILES string of the molecule is Cc1ccc(C)c(N=c2scc(-c3ccc(F)cc3)n2CCCn2ccnc2)c1. The van der Waals surface area contributed by atoms with Crippen LogP contribution in [0.15, 0.2) is 71.6 Å². The minimum atomic E-state index is -0.226. The Hall–Kier alpha value is -2.99. The van der Waals surface area contributed by atoms with Crippen molar-refractivity contribution in [3.05, 3.63) is 88.3 Å². The van der Waals surface area contributed by atoms with E-state index in [-0.39, 0.29) is 5.82 Å². The molecule has 0 aliphatic heterocycles. The molecule has 0 N–H and O–H groups in total. The summed E-state index contributed by atoms with van der Waals surface area (Å²) in [6, 6.07) is 13.0. The Morgan fingerprint density at radius 2 is 1.90 bits per heavy atom. The van der Waals surface area contributed by atoms with E-state index in [4.69, 9.17) is 4.99 Å². The molecule has 2 heterocycles. The molecule has 4 rings (SSSR count). The van der Waals surface area contributed by atoms with E-state index < -0.39 is 0 Å². The normalized spacial score (nSPS) is 11.9. The van der Waals surface area contributed by atoms with Crippen molar-refractivity contribution >= 4 is 17.0 Å². The Labute approximate surface area is 173 Å². The maximum absolute atomic E-state index is 13.4. The van der Waals surface area contributed by atoms with Crippen molar-refractivity contribution in [1.29, 1.82) is 0 Å². The summed E-state index contributed by atoms with van der Waals surface area (Å²) in [5.74, 6) is -0.226. The predicted molar refractivity (Wildman–Crippen MR) is 116 cm³/mol. The molecule has 4 aromatic rings. The molecule has 0 fully saturated rings. The molecule has 0 unspecified atom stereocenters. The van der Waals surface area contributed by atoms with Gasteiger partial charge >= 0.3 is 0 Å². The van der Waals surface area contributed by atoms with Gasteiger partial charge in [-0.1, -0.05) is 12.1 Å². The summed E-state index contributed by atoms with van der Waals surface area (Å²) in [5.41, 5.74) is 5.38. The van der Waals surface area contributed by atoms with Gasteiger partial charge in [-0.25, -0.2) is 14.4 Å². The first-order valence-electron chi connectivity index (χ1n) is 9.62. The third-order valence-electron chi connectivity index (χ3n) is 4.88. The van der Waals surface area contributed by atoms with Gasteiger partial charge in [0.25, 0.3) is 0 Å². The molecule has 148 valence electrons. The second kappa shape index (κ2) is 8.57. The Bertz CT molecular complexity index is 1150. The maximum Gasteiger partial charge on any atom is 0.190 e. The average Bonchev–Trinajstić information content (AvgIpc) is 3.36. The molecule has 0 saturated carbocycles. The second-order valence-electron chi connectivity index (χ2n) is 7.12. The van der Waals surface area contributed by atoms with E-state index in [9.17, 15) is 4.39 Å². The van der Waals surface area contributed by atoms with Gasteiger partial charge in [-0.2, -0.15) is 0 Å². The summed E-state index contributed by atoms with van der Waals surface area (Å²) >= 11 is 1.62. The summed E-state index contributed by atoms with van der Waals surface area (Å²) in [6.07, 6.45) is 6.55. The van der Waals surface area contributed by atoms with Gasteiger partial charge < -0.3 is 9.13 Å². The summed E-state index contributed by atoms with van der Waals surface area (Å²) < 4.78 is 17.7. The molecule has 0 atom stereocenters. The predicted octanol–water partition coefficient (Wildman–Crippen LogP) is 5.49. The van der Waals surface area contributed by atoms with Crippen LogP contribution in [0, 0.1) is 19.7 Å². The third kappa shape index (κ3) is 4.54. The number of imidazole rings is 1. The standard InChI is InChI=1S/C23H23FN4S/c1-17-4-5-18(2)21(14-17)26-23-28(12-3-11-27-13-10-25-16-27)22(15-29-23)19-6-8-20(24)9-7-19/h4-10,13-16H,3,11-12H2,1-2H3. The lowest BCUT2D eigenvalue weighted by Crippen LogP contribution is -2.17. The highest BCUT2D eigenvalue weighted by atomic mass is 32.1. The number of aryl methyl sites for hydroxylation is 3. The Morgan fingerprint density at radius 3 is 2.66 bits per heavy atom. The molecule has 0 spiro atoms. The minimum Gasteiger partial charge on any atom is -0.337 e. The van der Waals surface area contributed by atoms with E-state index in [0.717, 1.165) is 46.8 Å². The van der Waals surface area contributed by atoms with Crippen LogP contribution in [-0.4, -0.2) is 14.1 Å². The van der Waals surface area contributed by atoms with Crippen LogP contribution in [0.5, 0.6) is 0 Å². The number of benzene rings is 2. The molecule has 6 heteroatoms. The lowest BCUT2D eigenvalue weighted by molar-refractivity contribution is 0.559. The molecule has 0 bridgehead atoms. The first-order chi connectivity index (χ1) is 14.1. The monoisotopic (exact) mass is 406 g/mol. The first-order valence-corrected chi connectivity index (χ1v) is 10.5. The van der Waals surface area contributed by atoms with Gasteiger partial charge in [0, 0.05) is 30.9 Å². The lowest BCUT2D eigenvalue weighted by Gasteiger charge is -2.10. The molecule has 0 saturated heterocycles. The van der Waals surface area contributed by atoms with Crippen molar-refractivity contribution in [2.75, 3.05) is 0 Å². The summed E-state index contributed by atoms with van der Waals surface area (Å²) in [6.45, 7) is 5.86. The maximum atomic E-state index is 13.4. The van der Waals surface area contributed by atoms with Gasteiger partial charge in [0.15, 0.2) is 4.80 Å². The smallest absolute Gasteiger partial charge is 0.190 e. The highest BCUT2D eigenvalue weighted by Gasteiger charge is 2.09. The highest BCUT2D eigenvalue weighted by molar-refractivity contribution is 7.07. The number of thiazole rings is 1. The minimum absolute atomic E-state index is 0.226. The highest BCUT2D eigenvalue weighted by Crippen LogP contribution is 2.23. The van der Waals surface area contributed by atoms with Crippen LogP contribution in [0.3, 0.4) is 0 Å². The summed E-state index contributed by atoms with van der Waals surface area (Å²) in [5, 5.41) is 2.11. The van der Waals surface area contributed by atoms with Crippen LogP contribution in [0.25, 0.3) is 11.3 Å². The molecule has 0 amide bonds. The number of halogens is 1. The second-order valence-corrected chi connectivity index (χ2v) is 7.95. The summed E-state index contributed by atoms with van der Waals surface area (Å²) in [4.78, 5) is 10.0. The van der Waals surface area contributed by atoms with Crippen molar-refractivity contribution in [2.24, 2.45) is 4.99 Å². The van der Waals surface area contributed by atoms with Crippen LogP contribution in [-0.2, 0) is 13.1 Å². The van der Waals surface area contributed by atoms with Gasteiger partial charge in [0.1, 0.15) is 5.82 Å². The van der Waals surface area contributed by atoms with E-state index in [2.05, 4.69) is 51.5 Å². The van der Waals surface area contributed by atoms with Gasteiger partial charge in [-0.05, 0) is 67.3 Å². The van der Waals surface area contributed by atoms with E-state index >= 15 is 0 Å². The van der Waals surface area contributed by atoms with Gasteiger partial charge in [0.05, 0.1) is 17.7 Å². The first kappa shape index (κ1) is 19.3. The van der Waals surface area contributed by atoms with Crippen molar-refractivity contribution < 1.29 is 4.39 Å². The Balaban J connectivity index is 1.73. The van der Waals surface area contributed by atoms with Crippen LogP contribution < -0.4 is 4.80 Å². The van der Waals surface area contributed by atoms with Crippen molar-refractivity contribution in [2.45, 2.75) is 33.4 Å². The number of hydrogen-bond donors (Lipinski definition) is 0. The third-order valence-corrected chi connectivity index (χ3v) is 5.74. The zero-order valence-corrected chi connectivity index (χ0v) is 17.4. The number of rotatable bonds is 6. The van der Waals surface area contributed by atoms with Gasteiger partial charge in [-0.15, -0.1) is 11.3 Å². The lowest BCUT2D eigenvalue weighted by atomic mass is 10.1. The van der Waals surface area contributed by atoms with Gasteiger partial charge in [0.2, 0.25) is 0 Å². The summed E-state index contributed by atoms with van der Waals surface area (Å²) in [7, 11) is 0. The van der Waals surface area contributed by atoms with E-state index in [1.165, 1.54) is 17.7 Å². The van der Waals surface area contributed by atoms with Crippen LogP contribution in [0.4, 0.5) is 10.1 Å². The molecule has 2 aromatic heterocycles. The molecule has 29 heavy (non-hydrogen) atoms. The average molecular weight is 407 g/mol. The van der Waals surface area contributed by atoms with Crippen LogP contribution in [0.2, 0.25) is 0 Å². The Morgan fingerprint density at radius 1 is 1.07 bits per heavy atom. The molecule has 0 aliphatic rings. The number of hydrogen-bond acceptors (Lipinski definition) is 3. The number of aromatic nitrogens is 3. The molecule has 2 aromatic carbocycles. The van der Waals surface area contributed by atoms with Crippen molar-refractivity contribution in [3.8, 4) is 11.3 Å². The molecule has 4 nitrogen and oxygen atoms in total. The largest absolute Gasteiger partial charge is 0.337 e.